The Labute approximate surface area is 205 Å². The van der Waals surface area contributed by atoms with Crippen molar-refractivity contribution in [1.82, 2.24) is 14.8 Å². The van der Waals surface area contributed by atoms with Gasteiger partial charge in [0.2, 0.25) is 5.91 Å². The van der Waals surface area contributed by atoms with E-state index in [1.54, 1.807) is 41.0 Å². The molecule has 0 aliphatic carbocycles. The van der Waals surface area contributed by atoms with Crippen LogP contribution in [0.1, 0.15) is 10.4 Å². The van der Waals surface area contributed by atoms with Crippen molar-refractivity contribution in [3.8, 4) is 17.1 Å². The Hall–Kier alpha value is -4.18. The zero-order chi connectivity index (χ0) is 24.8. The lowest BCUT2D eigenvalue weighted by Crippen LogP contribution is -2.14. The standard InChI is InChI=1S/C25H22FN5O3S/c1-31-23(29-30-25(31)35-15-22(32)27-18-13-9-17(26)10-14-18)16-7-11-19(12-8-16)28-24(33)20-5-3-4-6-21(20)34-2/h3-14H,15H2,1-2H3,(H,27,32)(H,28,33). The van der Waals surface area contributed by atoms with E-state index in [1.807, 2.05) is 19.2 Å². The van der Waals surface area contributed by atoms with Crippen LogP contribution in [0.2, 0.25) is 0 Å². The number of ether oxygens (including phenoxy) is 1. The van der Waals surface area contributed by atoms with Crippen LogP contribution in [-0.2, 0) is 11.8 Å². The van der Waals surface area contributed by atoms with Gasteiger partial charge in [0.25, 0.3) is 5.91 Å². The monoisotopic (exact) mass is 491 g/mol. The quantitative estimate of drug-likeness (QED) is 0.349. The number of para-hydroxylation sites is 1. The fraction of sp³-hybridized carbons (Fsp3) is 0.120. The van der Waals surface area contributed by atoms with Crippen molar-refractivity contribution in [1.29, 1.82) is 0 Å². The van der Waals surface area contributed by atoms with Crippen LogP contribution in [0.15, 0.2) is 78.0 Å². The van der Waals surface area contributed by atoms with Crippen molar-refractivity contribution in [2.75, 3.05) is 23.5 Å². The number of thioether (sulfide) groups is 1. The van der Waals surface area contributed by atoms with Crippen molar-refractivity contribution >= 4 is 35.0 Å². The molecule has 0 radical (unpaired) electrons. The van der Waals surface area contributed by atoms with Crippen LogP contribution < -0.4 is 15.4 Å². The highest BCUT2D eigenvalue weighted by molar-refractivity contribution is 7.99. The number of benzene rings is 3. The summed E-state index contributed by atoms with van der Waals surface area (Å²) in [5.41, 5.74) is 2.39. The molecule has 4 rings (SSSR count). The van der Waals surface area contributed by atoms with Crippen molar-refractivity contribution in [2.45, 2.75) is 5.16 Å². The second-order valence-electron chi connectivity index (χ2n) is 7.44. The molecule has 4 aromatic rings. The lowest BCUT2D eigenvalue weighted by molar-refractivity contribution is -0.113. The largest absolute Gasteiger partial charge is 0.496 e. The molecule has 0 saturated heterocycles. The highest BCUT2D eigenvalue weighted by atomic mass is 32.2. The summed E-state index contributed by atoms with van der Waals surface area (Å²) < 4.78 is 20.0. The van der Waals surface area contributed by atoms with Gasteiger partial charge in [0.05, 0.1) is 18.4 Å². The van der Waals surface area contributed by atoms with Gasteiger partial charge in [-0.25, -0.2) is 4.39 Å². The Balaban J connectivity index is 1.37. The topological polar surface area (TPSA) is 98.1 Å². The molecule has 1 aromatic heterocycles. The molecule has 0 spiro atoms. The number of amides is 2. The number of halogens is 1. The van der Waals surface area contributed by atoms with Crippen molar-refractivity contribution in [2.24, 2.45) is 7.05 Å². The molecular formula is C25H22FN5O3S. The van der Waals surface area contributed by atoms with E-state index in [-0.39, 0.29) is 23.4 Å². The zero-order valence-electron chi connectivity index (χ0n) is 19.0. The second-order valence-corrected chi connectivity index (χ2v) is 8.38. The Morgan fingerprint density at radius 1 is 0.943 bits per heavy atom. The van der Waals surface area contributed by atoms with E-state index in [2.05, 4.69) is 20.8 Å². The molecule has 10 heteroatoms. The van der Waals surface area contributed by atoms with E-state index in [4.69, 9.17) is 4.74 Å². The molecule has 2 amide bonds. The second kappa shape index (κ2) is 10.8. The first-order valence-electron chi connectivity index (χ1n) is 10.6. The fourth-order valence-corrected chi connectivity index (χ4v) is 4.00. The molecule has 178 valence electrons. The van der Waals surface area contributed by atoms with Gasteiger partial charge < -0.3 is 19.9 Å². The van der Waals surface area contributed by atoms with Crippen molar-refractivity contribution in [3.05, 3.63) is 84.2 Å². The number of rotatable bonds is 8. The third kappa shape index (κ3) is 5.85. The number of anilines is 2. The lowest BCUT2D eigenvalue weighted by Gasteiger charge is -2.10. The number of hydrogen-bond acceptors (Lipinski definition) is 6. The van der Waals surface area contributed by atoms with Crippen LogP contribution in [0.3, 0.4) is 0 Å². The smallest absolute Gasteiger partial charge is 0.259 e. The van der Waals surface area contributed by atoms with E-state index in [1.165, 1.54) is 43.1 Å². The van der Waals surface area contributed by atoms with Gasteiger partial charge in [-0.3, -0.25) is 9.59 Å². The molecule has 0 fully saturated rings. The molecular weight excluding hydrogens is 469 g/mol. The maximum Gasteiger partial charge on any atom is 0.259 e. The minimum Gasteiger partial charge on any atom is -0.496 e. The molecule has 0 saturated carbocycles. The summed E-state index contributed by atoms with van der Waals surface area (Å²) in [6, 6.07) is 19.8. The number of nitrogens with zero attached hydrogens (tertiary/aromatic N) is 3. The Kier molecular flexibility index (Phi) is 7.41. The zero-order valence-corrected chi connectivity index (χ0v) is 19.8. The van der Waals surface area contributed by atoms with Gasteiger partial charge in [0.1, 0.15) is 11.6 Å². The van der Waals surface area contributed by atoms with Crippen molar-refractivity contribution < 1.29 is 18.7 Å². The van der Waals surface area contributed by atoms with Gasteiger partial charge in [-0.2, -0.15) is 0 Å². The molecule has 0 atom stereocenters. The first kappa shape index (κ1) is 24.0. The van der Waals surface area contributed by atoms with Gasteiger partial charge in [-0.1, -0.05) is 23.9 Å². The van der Waals surface area contributed by atoms with Gasteiger partial charge in [0.15, 0.2) is 11.0 Å². The number of carbonyl (C=O) groups is 2. The third-order valence-electron chi connectivity index (χ3n) is 5.05. The van der Waals surface area contributed by atoms with E-state index in [9.17, 15) is 14.0 Å². The lowest BCUT2D eigenvalue weighted by atomic mass is 10.1. The van der Waals surface area contributed by atoms with Crippen LogP contribution in [-0.4, -0.2) is 39.4 Å². The molecule has 1 heterocycles. The van der Waals surface area contributed by atoms with Gasteiger partial charge >= 0.3 is 0 Å². The normalized spacial score (nSPS) is 10.6. The summed E-state index contributed by atoms with van der Waals surface area (Å²) in [5.74, 6) is 0.367. The van der Waals surface area contributed by atoms with Gasteiger partial charge in [-0.05, 0) is 60.7 Å². The molecule has 3 aromatic carbocycles. The first-order valence-corrected chi connectivity index (χ1v) is 11.6. The number of methoxy groups -OCH3 is 1. The van der Waals surface area contributed by atoms with Gasteiger partial charge in [-0.15, -0.1) is 10.2 Å². The Bertz CT molecular complexity index is 1340. The predicted molar refractivity (Wildman–Crippen MR) is 133 cm³/mol. The summed E-state index contributed by atoms with van der Waals surface area (Å²) in [6.45, 7) is 0. The van der Waals surface area contributed by atoms with E-state index >= 15 is 0 Å². The highest BCUT2D eigenvalue weighted by Gasteiger charge is 2.15. The SMILES string of the molecule is COc1ccccc1C(=O)Nc1ccc(-c2nnc(SCC(=O)Nc3ccc(F)cc3)n2C)cc1. The van der Waals surface area contributed by atoms with Gasteiger partial charge in [0, 0.05) is 24.0 Å². The molecule has 0 aliphatic rings. The molecule has 0 bridgehead atoms. The maximum absolute atomic E-state index is 13.0. The number of nitrogens with one attached hydrogen (secondary N) is 2. The van der Waals surface area contributed by atoms with Crippen LogP contribution in [0.5, 0.6) is 5.75 Å². The van der Waals surface area contributed by atoms with Crippen LogP contribution >= 0.6 is 11.8 Å². The fourth-order valence-electron chi connectivity index (χ4n) is 3.29. The number of aromatic nitrogens is 3. The Morgan fingerprint density at radius 3 is 2.31 bits per heavy atom. The molecule has 2 N–H and O–H groups in total. The molecule has 8 nitrogen and oxygen atoms in total. The summed E-state index contributed by atoms with van der Waals surface area (Å²) in [4.78, 5) is 24.8. The number of carbonyl (C=O) groups excluding carboxylic acids is 2. The molecule has 0 unspecified atom stereocenters. The number of hydrogen-bond donors (Lipinski definition) is 2. The third-order valence-corrected chi connectivity index (χ3v) is 6.07. The summed E-state index contributed by atoms with van der Waals surface area (Å²) in [6.07, 6.45) is 0. The highest BCUT2D eigenvalue weighted by Crippen LogP contribution is 2.25. The van der Waals surface area contributed by atoms with E-state index < -0.39 is 0 Å². The summed E-state index contributed by atoms with van der Waals surface area (Å²) in [7, 11) is 3.33. The van der Waals surface area contributed by atoms with E-state index in [0.29, 0.717) is 33.7 Å². The summed E-state index contributed by atoms with van der Waals surface area (Å²) >= 11 is 1.24. The van der Waals surface area contributed by atoms with Crippen molar-refractivity contribution in [3.63, 3.8) is 0 Å². The maximum atomic E-state index is 13.0. The van der Waals surface area contributed by atoms with Crippen LogP contribution in [0.25, 0.3) is 11.4 Å². The average molecular weight is 492 g/mol. The van der Waals surface area contributed by atoms with Crippen LogP contribution in [0.4, 0.5) is 15.8 Å². The molecule has 35 heavy (non-hydrogen) atoms. The first-order chi connectivity index (χ1) is 16.9. The van der Waals surface area contributed by atoms with E-state index in [0.717, 1.165) is 5.56 Å². The molecule has 0 aliphatic heterocycles. The Morgan fingerprint density at radius 2 is 1.60 bits per heavy atom. The minimum absolute atomic E-state index is 0.122. The predicted octanol–water partition coefficient (Wildman–Crippen LogP) is 4.61. The minimum atomic E-state index is -0.365. The van der Waals surface area contributed by atoms with Crippen LogP contribution in [0, 0.1) is 5.82 Å². The summed E-state index contributed by atoms with van der Waals surface area (Å²) in [5, 5.41) is 14.5. The average Bonchev–Trinajstić information content (AvgIpc) is 3.24.